The van der Waals surface area contributed by atoms with Crippen molar-refractivity contribution >= 4 is 51.7 Å². The fourth-order valence-electron chi connectivity index (χ4n) is 3.99. The molecule has 2 heterocycles. The Bertz CT molecular complexity index is 1420. The van der Waals surface area contributed by atoms with E-state index in [4.69, 9.17) is 28.3 Å². The molecule has 1 amide bonds. The molecule has 0 saturated carbocycles. The molecule has 8 nitrogen and oxygen atoms in total. The zero-order valence-corrected chi connectivity index (χ0v) is 18.8. The fourth-order valence-corrected chi connectivity index (χ4v) is 4.48. The molecule has 3 aromatic rings. The van der Waals surface area contributed by atoms with Crippen molar-refractivity contribution in [2.45, 2.75) is 12.1 Å². The number of likely N-dealkylation sites (tertiary alicyclic amines) is 1. The quantitative estimate of drug-likeness (QED) is 0.390. The SMILES string of the molecule is C=CC(=O)N1CC(Nc2cc(F)c3ncn(CC(=O)O)c(=O)c3c2)(c2c(F)ccc(Cl)c2Cl)C1. The number of halogens is 4. The number of carbonyl (C=O) groups excluding carboxylic acids is 1. The molecule has 1 aromatic heterocycles. The predicted molar refractivity (Wildman–Crippen MR) is 122 cm³/mol. The standard InChI is InChI=1S/C22H16Cl2F2N4O4/c1-2-16(31)30-8-22(9-30,18-14(25)4-3-13(23)19(18)24)28-11-5-12-20(15(26)6-11)27-10-29(21(12)34)7-17(32)33/h2-6,10,28H,1,7-9H2,(H,32,33). The summed E-state index contributed by atoms with van der Waals surface area (Å²) in [6.07, 6.45) is 2.05. The monoisotopic (exact) mass is 508 g/mol. The maximum Gasteiger partial charge on any atom is 0.323 e. The van der Waals surface area contributed by atoms with E-state index in [0.717, 1.165) is 29.1 Å². The van der Waals surface area contributed by atoms with Crippen LogP contribution < -0.4 is 10.9 Å². The largest absolute Gasteiger partial charge is 0.480 e. The van der Waals surface area contributed by atoms with Gasteiger partial charge < -0.3 is 15.3 Å². The Labute approximate surface area is 201 Å². The van der Waals surface area contributed by atoms with Crippen LogP contribution in [0.15, 0.2) is 48.0 Å². The number of aromatic nitrogens is 2. The highest BCUT2D eigenvalue weighted by molar-refractivity contribution is 6.42. The summed E-state index contributed by atoms with van der Waals surface area (Å²) in [5.41, 5.74) is -2.28. The molecule has 2 N–H and O–H groups in total. The lowest BCUT2D eigenvalue weighted by Crippen LogP contribution is -2.65. The van der Waals surface area contributed by atoms with Gasteiger partial charge in [0.1, 0.15) is 23.4 Å². The minimum atomic E-state index is -1.30. The van der Waals surface area contributed by atoms with Crippen molar-refractivity contribution in [3.63, 3.8) is 0 Å². The molecule has 1 saturated heterocycles. The van der Waals surface area contributed by atoms with Gasteiger partial charge in [-0.25, -0.2) is 13.8 Å². The first kappa shape index (κ1) is 23.7. The lowest BCUT2D eigenvalue weighted by Gasteiger charge is -2.51. The van der Waals surface area contributed by atoms with Crippen molar-refractivity contribution in [3.8, 4) is 0 Å². The lowest BCUT2D eigenvalue weighted by atomic mass is 9.81. The maximum absolute atomic E-state index is 14.9. The normalized spacial score (nSPS) is 14.5. The molecule has 12 heteroatoms. The first-order valence-electron chi connectivity index (χ1n) is 9.80. The third-order valence-electron chi connectivity index (χ3n) is 5.50. The fraction of sp³-hybridized carbons (Fsp3) is 0.182. The summed E-state index contributed by atoms with van der Waals surface area (Å²) in [7, 11) is 0. The molecular formula is C22H16Cl2F2N4O4. The van der Waals surface area contributed by atoms with Crippen molar-refractivity contribution in [2.24, 2.45) is 0 Å². The summed E-state index contributed by atoms with van der Waals surface area (Å²) in [6, 6.07) is 4.75. The Morgan fingerprint density at radius 1 is 1.24 bits per heavy atom. The van der Waals surface area contributed by atoms with Crippen LogP contribution in [-0.2, 0) is 21.7 Å². The molecule has 4 rings (SSSR count). The van der Waals surface area contributed by atoms with Gasteiger partial charge in [0.15, 0.2) is 5.82 Å². The smallest absolute Gasteiger partial charge is 0.323 e. The first-order chi connectivity index (χ1) is 16.1. The van der Waals surface area contributed by atoms with Crippen LogP contribution in [0.5, 0.6) is 0 Å². The molecule has 1 fully saturated rings. The molecule has 0 spiro atoms. The summed E-state index contributed by atoms with van der Waals surface area (Å²) >= 11 is 12.4. The molecule has 0 bridgehead atoms. The number of benzene rings is 2. The lowest BCUT2D eigenvalue weighted by molar-refractivity contribution is -0.137. The highest BCUT2D eigenvalue weighted by Gasteiger charge is 2.49. The average Bonchev–Trinajstić information content (AvgIpc) is 2.75. The molecule has 0 radical (unpaired) electrons. The van der Waals surface area contributed by atoms with Crippen molar-refractivity contribution in [2.75, 3.05) is 18.4 Å². The number of nitrogens with one attached hydrogen (secondary N) is 1. The van der Waals surface area contributed by atoms with E-state index < -0.39 is 41.2 Å². The second-order valence-electron chi connectivity index (χ2n) is 7.75. The van der Waals surface area contributed by atoms with Crippen LogP contribution in [0.4, 0.5) is 14.5 Å². The van der Waals surface area contributed by atoms with Gasteiger partial charge in [-0.05, 0) is 30.3 Å². The number of rotatable bonds is 6. The van der Waals surface area contributed by atoms with E-state index in [9.17, 15) is 23.2 Å². The van der Waals surface area contributed by atoms with Crippen LogP contribution >= 0.6 is 23.2 Å². The van der Waals surface area contributed by atoms with E-state index in [1.165, 1.54) is 17.0 Å². The van der Waals surface area contributed by atoms with Crippen molar-refractivity contribution in [1.82, 2.24) is 14.5 Å². The molecule has 34 heavy (non-hydrogen) atoms. The van der Waals surface area contributed by atoms with Crippen LogP contribution in [0, 0.1) is 11.6 Å². The molecular weight excluding hydrogens is 493 g/mol. The molecule has 0 unspecified atom stereocenters. The van der Waals surface area contributed by atoms with E-state index in [1.807, 2.05) is 0 Å². The van der Waals surface area contributed by atoms with Gasteiger partial charge in [-0.2, -0.15) is 0 Å². The Hall–Kier alpha value is -3.50. The number of fused-ring (bicyclic) bond motifs is 1. The molecule has 1 aliphatic rings. The molecule has 0 aliphatic carbocycles. The molecule has 2 aromatic carbocycles. The van der Waals surface area contributed by atoms with Crippen LogP contribution in [0.2, 0.25) is 10.0 Å². The number of hydrogen-bond donors (Lipinski definition) is 2. The Balaban J connectivity index is 1.83. The van der Waals surface area contributed by atoms with Gasteiger partial charge in [-0.1, -0.05) is 29.8 Å². The second-order valence-corrected chi connectivity index (χ2v) is 8.53. The molecule has 0 atom stereocenters. The number of aliphatic carboxylic acids is 1. The predicted octanol–water partition coefficient (Wildman–Crippen LogP) is 3.40. The van der Waals surface area contributed by atoms with Crippen LogP contribution in [-0.4, -0.2) is 44.5 Å². The highest BCUT2D eigenvalue weighted by Crippen LogP contribution is 2.43. The van der Waals surface area contributed by atoms with Crippen LogP contribution in [0.1, 0.15) is 5.56 Å². The van der Waals surface area contributed by atoms with E-state index in [0.29, 0.717) is 0 Å². The first-order valence-corrected chi connectivity index (χ1v) is 10.6. The van der Waals surface area contributed by atoms with Gasteiger partial charge >= 0.3 is 5.97 Å². The topological polar surface area (TPSA) is 105 Å². The maximum atomic E-state index is 14.9. The zero-order chi connectivity index (χ0) is 24.8. The summed E-state index contributed by atoms with van der Waals surface area (Å²) in [5.74, 6) is -3.23. The number of anilines is 1. The summed E-state index contributed by atoms with van der Waals surface area (Å²) in [4.78, 5) is 41.0. The number of carboxylic acid groups (broad SMARTS) is 1. The third kappa shape index (κ3) is 3.99. The number of carboxylic acids is 1. The van der Waals surface area contributed by atoms with E-state index in [2.05, 4.69) is 16.9 Å². The highest BCUT2D eigenvalue weighted by atomic mass is 35.5. The van der Waals surface area contributed by atoms with Crippen LogP contribution in [0.25, 0.3) is 10.9 Å². The summed E-state index contributed by atoms with van der Waals surface area (Å²) < 4.78 is 30.6. The molecule has 176 valence electrons. The Kier molecular flexibility index (Phi) is 6.05. The minimum absolute atomic E-state index is 0.0234. The van der Waals surface area contributed by atoms with Gasteiger partial charge in [0, 0.05) is 11.3 Å². The Morgan fingerprint density at radius 2 is 1.94 bits per heavy atom. The van der Waals surface area contributed by atoms with Gasteiger partial charge in [0.05, 0.1) is 34.8 Å². The summed E-state index contributed by atoms with van der Waals surface area (Å²) in [6.45, 7) is 2.67. The van der Waals surface area contributed by atoms with Gasteiger partial charge in [-0.15, -0.1) is 0 Å². The van der Waals surface area contributed by atoms with Crippen LogP contribution in [0.3, 0.4) is 0 Å². The zero-order valence-electron chi connectivity index (χ0n) is 17.3. The number of nitrogens with zero attached hydrogens (tertiary/aromatic N) is 3. The number of amides is 1. The average molecular weight is 509 g/mol. The van der Waals surface area contributed by atoms with Gasteiger partial charge in [0.25, 0.3) is 5.56 Å². The van der Waals surface area contributed by atoms with Crippen molar-refractivity contribution in [1.29, 1.82) is 0 Å². The summed E-state index contributed by atoms with van der Waals surface area (Å²) in [5, 5.41) is 11.8. The van der Waals surface area contributed by atoms with Crippen molar-refractivity contribution < 1.29 is 23.5 Å². The number of hydrogen-bond acceptors (Lipinski definition) is 5. The van der Waals surface area contributed by atoms with Gasteiger partial charge in [0.2, 0.25) is 5.91 Å². The van der Waals surface area contributed by atoms with E-state index >= 15 is 0 Å². The van der Waals surface area contributed by atoms with E-state index in [-0.39, 0.29) is 45.3 Å². The number of carbonyl (C=O) groups is 2. The third-order valence-corrected chi connectivity index (χ3v) is 6.30. The van der Waals surface area contributed by atoms with E-state index in [1.54, 1.807) is 0 Å². The molecule has 1 aliphatic heterocycles. The second kappa shape index (κ2) is 8.69. The van der Waals surface area contributed by atoms with Crippen molar-refractivity contribution in [3.05, 3.63) is 80.8 Å². The minimum Gasteiger partial charge on any atom is -0.480 e. The van der Waals surface area contributed by atoms with Gasteiger partial charge in [-0.3, -0.25) is 19.0 Å². The Morgan fingerprint density at radius 3 is 2.59 bits per heavy atom.